The molecule has 0 bridgehead atoms. The summed E-state index contributed by atoms with van der Waals surface area (Å²) in [6, 6.07) is 10.3. The highest BCUT2D eigenvalue weighted by Gasteiger charge is 2.08. The normalized spacial score (nSPS) is 14.7. The van der Waals surface area contributed by atoms with Crippen LogP contribution >= 0.6 is 0 Å². The van der Waals surface area contributed by atoms with Crippen molar-refractivity contribution in [2.45, 2.75) is 31.9 Å². The second kappa shape index (κ2) is 7.39. The Morgan fingerprint density at radius 2 is 1.94 bits per heavy atom. The van der Waals surface area contributed by atoms with Crippen LogP contribution in [-0.2, 0) is 4.74 Å². The van der Waals surface area contributed by atoms with E-state index in [0.717, 1.165) is 12.8 Å². The van der Waals surface area contributed by atoms with Crippen LogP contribution in [0, 0.1) is 0 Å². The number of rotatable bonds is 7. The van der Waals surface area contributed by atoms with Crippen molar-refractivity contribution in [1.29, 1.82) is 0 Å². The number of ether oxygens (including phenoxy) is 1. The van der Waals surface area contributed by atoms with Gasteiger partial charge in [0.15, 0.2) is 0 Å². The zero-order valence-electron chi connectivity index (χ0n) is 9.93. The van der Waals surface area contributed by atoms with Gasteiger partial charge in [0, 0.05) is 6.04 Å². The fraction of sp³-hybridized carbons (Fsp3) is 0.538. The minimum atomic E-state index is 0.0923. The van der Waals surface area contributed by atoms with Crippen molar-refractivity contribution in [3.05, 3.63) is 35.9 Å². The Bertz CT molecular complexity index is 277. The molecule has 1 aromatic carbocycles. The fourth-order valence-electron chi connectivity index (χ4n) is 1.55. The van der Waals surface area contributed by atoms with E-state index in [1.54, 1.807) is 0 Å². The van der Waals surface area contributed by atoms with E-state index in [2.05, 4.69) is 12.1 Å². The van der Waals surface area contributed by atoms with Gasteiger partial charge in [-0.2, -0.15) is 0 Å². The zero-order valence-corrected chi connectivity index (χ0v) is 9.93. The van der Waals surface area contributed by atoms with Gasteiger partial charge in [0.25, 0.3) is 0 Å². The van der Waals surface area contributed by atoms with Crippen molar-refractivity contribution < 1.29 is 4.74 Å². The van der Waals surface area contributed by atoms with Gasteiger partial charge in [-0.05, 0) is 31.9 Å². The van der Waals surface area contributed by atoms with Gasteiger partial charge in [-0.1, -0.05) is 30.3 Å². The van der Waals surface area contributed by atoms with Crippen molar-refractivity contribution in [1.82, 2.24) is 0 Å². The predicted molar refractivity (Wildman–Crippen MR) is 67.1 cm³/mol. The van der Waals surface area contributed by atoms with Crippen LogP contribution in [0.15, 0.2) is 30.3 Å². The topological polar surface area (TPSA) is 61.3 Å². The molecule has 0 heterocycles. The average Bonchev–Trinajstić information content (AvgIpc) is 2.34. The summed E-state index contributed by atoms with van der Waals surface area (Å²) in [4.78, 5) is 0. The third-order valence-electron chi connectivity index (χ3n) is 2.61. The van der Waals surface area contributed by atoms with Gasteiger partial charge in [0.2, 0.25) is 0 Å². The molecule has 4 N–H and O–H groups in total. The molecule has 0 fully saturated rings. The first kappa shape index (κ1) is 13.2. The summed E-state index contributed by atoms with van der Waals surface area (Å²) in [5.74, 6) is 0. The van der Waals surface area contributed by atoms with E-state index in [-0.39, 0.29) is 12.1 Å². The molecule has 2 unspecified atom stereocenters. The predicted octanol–water partition coefficient (Wildman–Crippen LogP) is 1.83. The third kappa shape index (κ3) is 4.75. The lowest BCUT2D eigenvalue weighted by molar-refractivity contribution is 0.0542. The van der Waals surface area contributed by atoms with E-state index in [1.165, 1.54) is 5.56 Å². The van der Waals surface area contributed by atoms with Crippen molar-refractivity contribution in [3.63, 3.8) is 0 Å². The van der Waals surface area contributed by atoms with Crippen molar-refractivity contribution in [2.75, 3.05) is 13.2 Å². The maximum Gasteiger partial charge on any atom is 0.0797 e. The second-order valence-electron chi connectivity index (χ2n) is 4.08. The first-order valence-electron chi connectivity index (χ1n) is 5.86. The van der Waals surface area contributed by atoms with Crippen LogP contribution in [0.4, 0.5) is 0 Å². The molecule has 0 radical (unpaired) electrons. The molecular formula is C13H22N2O. The Kier molecular flexibility index (Phi) is 6.08. The van der Waals surface area contributed by atoms with Crippen molar-refractivity contribution in [2.24, 2.45) is 11.5 Å². The van der Waals surface area contributed by atoms with Crippen LogP contribution in [0.5, 0.6) is 0 Å². The quantitative estimate of drug-likeness (QED) is 0.740. The van der Waals surface area contributed by atoms with Crippen LogP contribution < -0.4 is 11.5 Å². The number of benzene rings is 1. The van der Waals surface area contributed by atoms with E-state index >= 15 is 0 Å². The minimum absolute atomic E-state index is 0.0923. The minimum Gasteiger partial charge on any atom is -0.372 e. The first-order chi connectivity index (χ1) is 7.74. The standard InChI is InChI=1S/C13H22N2O/c1-11(12-6-3-2-4-7-12)16-10-13(15)8-5-9-14/h2-4,6-7,11,13H,5,8-10,14-15H2,1H3. The molecule has 1 rings (SSSR count). The third-order valence-corrected chi connectivity index (χ3v) is 2.61. The smallest absolute Gasteiger partial charge is 0.0797 e. The number of hydrogen-bond acceptors (Lipinski definition) is 3. The molecule has 0 aromatic heterocycles. The largest absolute Gasteiger partial charge is 0.372 e. The maximum atomic E-state index is 5.91. The summed E-state index contributed by atoms with van der Waals surface area (Å²) in [5.41, 5.74) is 12.5. The number of hydrogen-bond donors (Lipinski definition) is 2. The van der Waals surface area contributed by atoms with Gasteiger partial charge in [-0.3, -0.25) is 0 Å². The fourth-order valence-corrected chi connectivity index (χ4v) is 1.55. The SMILES string of the molecule is CC(OCC(N)CCCN)c1ccccc1. The average molecular weight is 222 g/mol. The molecule has 0 aliphatic rings. The van der Waals surface area contributed by atoms with E-state index in [0.29, 0.717) is 13.2 Å². The van der Waals surface area contributed by atoms with Gasteiger partial charge in [-0.25, -0.2) is 0 Å². The second-order valence-corrected chi connectivity index (χ2v) is 4.08. The molecule has 3 heteroatoms. The molecule has 16 heavy (non-hydrogen) atoms. The summed E-state index contributed by atoms with van der Waals surface area (Å²) in [6.07, 6.45) is 1.99. The van der Waals surface area contributed by atoms with Gasteiger partial charge >= 0.3 is 0 Å². The van der Waals surface area contributed by atoms with Crippen LogP contribution in [-0.4, -0.2) is 19.2 Å². The Balaban J connectivity index is 2.27. The maximum absolute atomic E-state index is 5.91. The molecule has 0 aliphatic carbocycles. The molecule has 2 atom stereocenters. The van der Waals surface area contributed by atoms with Crippen LogP contribution in [0.3, 0.4) is 0 Å². The summed E-state index contributed by atoms with van der Waals surface area (Å²) in [7, 11) is 0. The van der Waals surface area contributed by atoms with Crippen molar-refractivity contribution in [3.8, 4) is 0 Å². The lowest BCUT2D eigenvalue weighted by Crippen LogP contribution is -2.27. The monoisotopic (exact) mass is 222 g/mol. The molecule has 0 aliphatic heterocycles. The molecular weight excluding hydrogens is 200 g/mol. The van der Waals surface area contributed by atoms with Gasteiger partial charge < -0.3 is 16.2 Å². The van der Waals surface area contributed by atoms with Crippen molar-refractivity contribution >= 4 is 0 Å². The van der Waals surface area contributed by atoms with E-state index in [4.69, 9.17) is 16.2 Å². The van der Waals surface area contributed by atoms with Crippen LogP contribution in [0.1, 0.15) is 31.4 Å². The summed E-state index contributed by atoms with van der Waals surface area (Å²) in [5, 5.41) is 0. The Hall–Kier alpha value is -0.900. The Labute approximate surface area is 97.8 Å². The van der Waals surface area contributed by atoms with Gasteiger partial charge in [-0.15, -0.1) is 0 Å². The summed E-state index contributed by atoms with van der Waals surface area (Å²) >= 11 is 0. The van der Waals surface area contributed by atoms with Gasteiger partial charge in [0.05, 0.1) is 12.7 Å². The van der Waals surface area contributed by atoms with Gasteiger partial charge in [0.1, 0.15) is 0 Å². The van der Waals surface area contributed by atoms with E-state index < -0.39 is 0 Å². The summed E-state index contributed by atoms with van der Waals surface area (Å²) in [6.45, 7) is 3.34. The van der Waals surface area contributed by atoms with E-state index in [1.807, 2.05) is 25.1 Å². The molecule has 90 valence electrons. The molecule has 0 spiro atoms. The number of nitrogens with two attached hydrogens (primary N) is 2. The molecule has 1 aromatic rings. The molecule has 3 nitrogen and oxygen atoms in total. The zero-order chi connectivity index (χ0) is 11.8. The highest BCUT2D eigenvalue weighted by atomic mass is 16.5. The Morgan fingerprint density at radius 1 is 1.25 bits per heavy atom. The molecule has 0 amide bonds. The summed E-state index contributed by atoms with van der Waals surface area (Å²) < 4.78 is 5.72. The van der Waals surface area contributed by atoms with Crippen LogP contribution in [0.2, 0.25) is 0 Å². The lowest BCUT2D eigenvalue weighted by Gasteiger charge is -2.17. The lowest BCUT2D eigenvalue weighted by atomic mass is 10.1. The first-order valence-corrected chi connectivity index (χ1v) is 5.86. The Morgan fingerprint density at radius 3 is 2.56 bits per heavy atom. The van der Waals surface area contributed by atoms with E-state index in [9.17, 15) is 0 Å². The molecule has 0 saturated heterocycles. The molecule has 0 saturated carbocycles. The van der Waals surface area contributed by atoms with Crippen LogP contribution in [0.25, 0.3) is 0 Å². The highest BCUT2D eigenvalue weighted by Crippen LogP contribution is 2.16. The highest BCUT2D eigenvalue weighted by molar-refractivity contribution is 5.16.